The summed E-state index contributed by atoms with van der Waals surface area (Å²) in [6.07, 6.45) is 10.9. The van der Waals surface area contributed by atoms with Gasteiger partial charge < -0.3 is 8.83 Å². The van der Waals surface area contributed by atoms with Crippen LogP contribution in [0.1, 0.15) is 0 Å². The number of hydrogen-bond donors (Lipinski definition) is 0. The van der Waals surface area contributed by atoms with Crippen molar-refractivity contribution in [1.82, 2.24) is 9.97 Å². The highest BCUT2D eigenvalue weighted by Gasteiger charge is 1.92. The molecule has 2 heterocycles. The summed E-state index contributed by atoms with van der Waals surface area (Å²) in [5, 5.41) is 0. The lowest BCUT2D eigenvalue weighted by Gasteiger charge is -1.79. The summed E-state index contributed by atoms with van der Waals surface area (Å²) in [5.41, 5.74) is 3.52. The van der Waals surface area contributed by atoms with Gasteiger partial charge in [-0.05, 0) is 24.3 Å². The Kier molecular flexibility index (Phi) is 4.52. The Morgan fingerprint density at radius 3 is 1.45 bits per heavy atom. The molecule has 0 saturated heterocycles. The van der Waals surface area contributed by atoms with E-state index < -0.39 is 0 Å². The molecule has 4 rings (SSSR count). The minimum Gasteiger partial charge on any atom is -0.443 e. The number of fused-ring (bicyclic) bond motifs is 2. The van der Waals surface area contributed by atoms with Gasteiger partial charge >= 0.3 is 0 Å². The van der Waals surface area contributed by atoms with Crippen LogP contribution in [0.4, 0.5) is 0 Å². The van der Waals surface area contributed by atoms with Crippen molar-refractivity contribution in [2.75, 3.05) is 0 Å². The number of para-hydroxylation sites is 4. The van der Waals surface area contributed by atoms with Gasteiger partial charge in [0, 0.05) is 0 Å². The Labute approximate surface area is 116 Å². The molecule has 0 atom stereocenters. The van der Waals surface area contributed by atoms with Gasteiger partial charge in [0.05, 0.1) is 0 Å². The fourth-order valence-corrected chi connectivity index (χ4v) is 1.61. The van der Waals surface area contributed by atoms with Gasteiger partial charge in [0.25, 0.3) is 0 Å². The first-order chi connectivity index (χ1) is 9.93. The second-order valence-corrected chi connectivity index (χ2v) is 3.64. The highest BCUT2D eigenvalue weighted by atomic mass is 16.3. The van der Waals surface area contributed by atoms with E-state index in [1.165, 1.54) is 12.8 Å². The Balaban J connectivity index is 0.000000131. The summed E-state index contributed by atoms with van der Waals surface area (Å²) in [4.78, 5) is 7.90. The molecule has 0 aliphatic rings. The molecule has 4 heteroatoms. The first-order valence-corrected chi connectivity index (χ1v) is 5.83. The molecule has 0 fully saturated rings. The standard InChI is InChI=1S/2C7H5NO.C2H2/c2*1-2-4-7-6(3-1)8-5-9-7;1-2/h2*1-5H;1-2H. The smallest absolute Gasteiger partial charge is 0.181 e. The molecule has 0 unspecified atom stereocenters. The number of aromatic nitrogens is 2. The predicted molar refractivity (Wildman–Crippen MR) is 77.9 cm³/mol. The maximum absolute atomic E-state index is 5.01. The highest BCUT2D eigenvalue weighted by molar-refractivity contribution is 5.71. The summed E-state index contributed by atoms with van der Waals surface area (Å²) in [6, 6.07) is 15.3. The first kappa shape index (κ1) is 13.4. The second kappa shape index (κ2) is 6.76. The molecular formula is C16H12N2O2. The van der Waals surface area contributed by atoms with Gasteiger partial charge in [0.2, 0.25) is 0 Å². The van der Waals surface area contributed by atoms with E-state index in [4.69, 9.17) is 8.83 Å². The van der Waals surface area contributed by atoms with Crippen molar-refractivity contribution in [3.05, 3.63) is 61.3 Å². The van der Waals surface area contributed by atoms with Gasteiger partial charge in [-0.25, -0.2) is 9.97 Å². The van der Waals surface area contributed by atoms with Crippen LogP contribution >= 0.6 is 0 Å². The van der Waals surface area contributed by atoms with E-state index in [-0.39, 0.29) is 0 Å². The van der Waals surface area contributed by atoms with Gasteiger partial charge in [0.1, 0.15) is 11.0 Å². The lowest BCUT2D eigenvalue weighted by atomic mass is 10.3. The van der Waals surface area contributed by atoms with Crippen LogP contribution in [0.5, 0.6) is 0 Å². The zero-order valence-electron chi connectivity index (χ0n) is 10.6. The fraction of sp³-hybridized carbons (Fsp3) is 0. The van der Waals surface area contributed by atoms with Crippen LogP contribution in [0.2, 0.25) is 0 Å². The molecule has 0 aliphatic carbocycles. The molecule has 0 radical (unpaired) electrons. The van der Waals surface area contributed by atoms with Crippen LogP contribution in [-0.4, -0.2) is 9.97 Å². The predicted octanol–water partition coefficient (Wildman–Crippen LogP) is 3.91. The van der Waals surface area contributed by atoms with Gasteiger partial charge in [-0.2, -0.15) is 0 Å². The van der Waals surface area contributed by atoms with E-state index in [0.717, 1.165) is 22.2 Å². The summed E-state index contributed by atoms with van der Waals surface area (Å²) in [7, 11) is 0. The molecular weight excluding hydrogens is 252 g/mol. The summed E-state index contributed by atoms with van der Waals surface area (Å²) in [5.74, 6) is 0. The average Bonchev–Trinajstić information content (AvgIpc) is 3.18. The van der Waals surface area contributed by atoms with Crippen molar-refractivity contribution in [3.63, 3.8) is 0 Å². The van der Waals surface area contributed by atoms with Crippen LogP contribution in [0, 0.1) is 12.8 Å². The van der Waals surface area contributed by atoms with Crippen LogP contribution < -0.4 is 0 Å². The molecule has 0 aliphatic heterocycles. The van der Waals surface area contributed by atoms with Gasteiger partial charge in [0.15, 0.2) is 24.0 Å². The number of oxazole rings is 2. The number of terminal acetylenes is 1. The molecule has 2 aromatic carbocycles. The molecule has 0 amide bonds. The average molecular weight is 264 g/mol. The normalized spacial score (nSPS) is 9.30. The molecule has 0 bridgehead atoms. The number of benzene rings is 2. The minimum atomic E-state index is 0.845. The van der Waals surface area contributed by atoms with Crippen molar-refractivity contribution < 1.29 is 8.83 Å². The molecule has 20 heavy (non-hydrogen) atoms. The Morgan fingerprint density at radius 1 is 0.650 bits per heavy atom. The third-order valence-corrected chi connectivity index (χ3v) is 2.47. The van der Waals surface area contributed by atoms with Crippen molar-refractivity contribution in [2.45, 2.75) is 0 Å². The van der Waals surface area contributed by atoms with E-state index in [2.05, 4.69) is 22.8 Å². The lowest BCUT2D eigenvalue weighted by molar-refractivity contribution is 0.602. The van der Waals surface area contributed by atoms with Crippen LogP contribution in [0.3, 0.4) is 0 Å². The molecule has 0 saturated carbocycles. The van der Waals surface area contributed by atoms with E-state index in [9.17, 15) is 0 Å². The molecule has 4 aromatic rings. The number of rotatable bonds is 0. The monoisotopic (exact) mass is 264 g/mol. The lowest BCUT2D eigenvalue weighted by Crippen LogP contribution is -1.61. The van der Waals surface area contributed by atoms with Crippen LogP contribution in [0.25, 0.3) is 22.2 Å². The van der Waals surface area contributed by atoms with Gasteiger partial charge in [-0.3, -0.25) is 0 Å². The highest BCUT2D eigenvalue weighted by Crippen LogP contribution is 2.09. The zero-order chi connectivity index (χ0) is 14.2. The van der Waals surface area contributed by atoms with Crippen LogP contribution in [-0.2, 0) is 0 Å². The van der Waals surface area contributed by atoms with Gasteiger partial charge in [-0.1, -0.05) is 24.3 Å². The Bertz CT molecular complexity index is 673. The number of nitrogens with zero attached hydrogens (tertiary/aromatic N) is 2. The largest absolute Gasteiger partial charge is 0.443 e. The quantitative estimate of drug-likeness (QED) is 0.452. The molecule has 4 nitrogen and oxygen atoms in total. The maximum Gasteiger partial charge on any atom is 0.181 e. The Hall–Kier alpha value is -3.06. The van der Waals surface area contributed by atoms with E-state index in [0.29, 0.717) is 0 Å². The van der Waals surface area contributed by atoms with Gasteiger partial charge in [-0.15, -0.1) is 12.8 Å². The zero-order valence-corrected chi connectivity index (χ0v) is 10.6. The maximum atomic E-state index is 5.01. The van der Waals surface area contributed by atoms with E-state index >= 15 is 0 Å². The number of hydrogen-bond acceptors (Lipinski definition) is 4. The SMILES string of the molecule is C#C.c1ccc2ocnc2c1.c1ccc2ocnc2c1. The van der Waals surface area contributed by atoms with Crippen molar-refractivity contribution in [1.29, 1.82) is 0 Å². The van der Waals surface area contributed by atoms with E-state index in [1.807, 2.05) is 48.5 Å². The first-order valence-electron chi connectivity index (χ1n) is 5.83. The van der Waals surface area contributed by atoms with Crippen molar-refractivity contribution in [2.24, 2.45) is 0 Å². The molecule has 2 aromatic heterocycles. The summed E-state index contributed by atoms with van der Waals surface area (Å²) in [6.45, 7) is 0. The molecule has 98 valence electrons. The molecule has 0 spiro atoms. The third kappa shape index (κ3) is 3.03. The van der Waals surface area contributed by atoms with Crippen molar-refractivity contribution >= 4 is 22.2 Å². The summed E-state index contributed by atoms with van der Waals surface area (Å²) < 4.78 is 10.0. The summed E-state index contributed by atoms with van der Waals surface area (Å²) >= 11 is 0. The van der Waals surface area contributed by atoms with Crippen molar-refractivity contribution in [3.8, 4) is 12.8 Å². The topological polar surface area (TPSA) is 52.1 Å². The Morgan fingerprint density at radius 2 is 1.05 bits per heavy atom. The second-order valence-electron chi connectivity index (χ2n) is 3.64. The van der Waals surface area contributed by atoms with Crippen LogP contribution in [0.15, 0.2) is 70.2 Å². The van der Waals surface area contributed by atoms with E-state index in [1.54, 1.807) is 0 Å². The fourth-order valence-electron chi connectivity index (χ4n) is 1.61. The molecule has 0 N–H and O–H groups in total. The minimum absolute atomic E-state index is 0.845. The third-order valence-electron chi connectivity index (χ3n) is 2.47.